The molecular formula is C14H12BrFN4O2. The number of hydrogen-bond donors (Lipinski definition) is 0. The van der Waals surface area contributed by atoms with Crippen molar-refractivity contribution >= 4 is 27.1 Å². The van der Waals surface area contributed by atoms with Gasteiger partial charge in [0.15, 0.2) is 15.9 Å². The summed E-state index contributed by atoms with van der Waals surface area (Å²) in [7, 11) is 2.98. The fourth-order valence-electron chi connectivity index (χ4n) is 2.42. The molecular weight excluding hydrogens is 355 g/mol. The summed E-state index contributed by atoms with van der Waals surface area (Å²) in [5.74, 6) is -0.345. The Hall–Kier alpha value is -2.22. The van der Waals surface area contributed by atoms with Gasteiger partial charge in [0.2, 0.25) is 0 Å². The van der Waals surface area contributed by atoms with Crippen molar-refractivity contribution in [2.24, 2.45) is 14.1 Å². The molecule has 2 aromatic heterocycles. The molecule has 0 saturated carbocycles. The number of fused-ring (bicyclic) bond motifs is 1. The number of halogens is 2. The van der Waals surface area contributed by atoms with E-state index < -0.39 is 11.2 Å². The summed E-state index contributed by atoms with van der Waals surface area (Å²) >= 11 is 3.30. The third-order valence-electron chi connectivity index (χ3n) is 3.52. The smallest absolute Gasteiger partial charge is 0.300 e. The Morgan fingerprint density at radius 3 is 2.64 bits per heavy atom. The second-order valence-corrected chi connectivity index (χ2v) is 5.68. The van der Waals surface area contributed by atoms with Gasteiger partial charge in [-0.3, -0.25) is 18.5 Å². The van der Waals surface area contributed by atoms with Gasteiger partial charge in [0.25, 0.3) is 5.56 Å². The van der Waals surface area contributed by atoms with Crippen LogP contribution in [0.5, 0.6) is 0 Å². The molecule has 0 aliphatic heterocycles. The molecule has 0 atom stereocenters. The number of benzene rings is 1. The Balaban J connectivity index is 2.29. The van der Waals surface area contributed by atoms with Gasteiger partial charge >= 0.3 is 5.69 Å². The Labute approximate surface area is 132 Å². The highest BCUT2D eigenvalue weighted by Gasteiger charge is 2.17. The molecule has 0 amide bonds. The molecule has 0 bridgehead atoms. The number of aromatic nitrogens is 4. The highest BCUT2D eigenvalue weighted by atomic mass is 79.9. The second kappa shape index (κ2) is 5.20. The summed E-state index contributed by atoms with van der Waals surface area (Å²) in [5, 5.41) is 0. The predicted molar refractivity (Wildman–Crippen MR) is 83.4 cm³/mol. The van der Waals surface area contributed by atoms with Crippen LogP contribution in [0.3, 0.4) is 0 Å². The van der Waals surface area contributed by atoms with E-state index in [-0.39, 0.29) is 17.9 Å². The van der Waals surface area contributed by atoms with Crippen LogP contribution in [-0.4, -0.2) is 18.7 Å². The number of aryl methyl sites for hydroxylation is 1. The van der Waals surface area contributed by atoms with E-state index in [1.54, 1.807) is 23.7 Å². The summed E-state index contributed by atoms with van der Waals surface area (Å²) in [5.41, 5.74) is 0.382. The van der Waals surface area contributed by atoms with Crippen LogP contribution in [0.25, 0.3) is 11.2 Å². The van der Waals surface area contributed by atoms with Crippen molar-refractivity contribution in [2.45, 2.75) is 6.54 Å². The summed E-state index contributed by atoms with van der Waals surface area (Å²) in [6.07, 6.45) is 0. The Bertz CT molecular complexity index is 1000. The van der Waals surface area contributed by atoms with Gasteiger partial charge in [-0.05, 0) is 33.6 Å². The van der Waals surface area contributed by atoms with Crippen LogP contribution < -0.4 is 11.2 Å². The lowest BCUT2D eigenvalue weighted by Crippen LogP contribution is -2.37. The van der Waals surface area contributed by atoms with Gasteiger partial charge in [0, 0.05) is 14.1 Å². The van der Waals surface area contributed by atoms with Gasteiger partial charge in [0.1, 0.15) is 5.82 Å². The van der Waals surface area contributed by atoms with E-state index in [9.17, 15) is 14.0 Å². The first-order chi connectivity index (χ1) is 10.4. The lowest BCUT2D eigenvalue weighted by Gasteiger charge is -2.09. The molecule has 114 valence electrons. The van der Waals surface area contributed by atoms with Crippen LogP contribution >= 0.6 is 15.9 Å². The molecule has 0 saturated heterocycles. The zero-order chi connectivity index (χ0) is 16.0. The largest absolute Gasteiger partial charge is 0.332 e. The van der Waals surface area contributed by atoms with Crippen molar-refractivity contribution in [3.63, 3.8) is 0 Å². The first kappa shape index (κ1) is 14.7. The first-order valence-electron chi connectivity index (χ1n) is 6.46. The van der Waals surface area contributed by atoms with Gasteiger partial charge in [-0.25, -0.2) is 14.2 Å². The molecule has 3 rings (SSSR count). The molecule has 0 aliphatic rings. The van der Waals surface area contributed by atoms with E-state index >= 15 is 0 Å². The van der Waals surface area contributed by atoms with Crippen molar-refractivity contribution in [1.29, 1.82) is 0 Å². The fraction of sp³-hybridized carbons (Fsp3) is 0.214. The minimum Gasteiger partial charge on any atom is -0.300 e. The minimum atomic E-state index is -0.461. The standard InChI is InChI=1S/C14H12BrFN4O2/c1-18-11-10(12(21)19(2)14(18)22)17-13(15)20(11)7-8-4-3-5-9(16)6-8/h3-6H,7H2,1-2H3. The van der Waals surface area contributed by atoms with Gasteiger partial charge < -0.3 is 0 Å². The molecule has 0 N–H and O–H groups in total. The fourth-order valence-corrected chi connectivity index (χ4v) is 2.89. The average molecular weight is 367 g/mol. The maximum absolute atomic E-state index is 13.3. The Kier molecular flexibility index (Phi) is 3.48. The van der Waals surface area contributed by atoms with Gasteiger partial charge in [-0.15, -0.1) is 0 Å². The third-order valence-corrected chi connectivity index (χ3v) is 4.13. The van der Waals surface area contributed by atoms with Crippen LogP contribution in [0.4, 0.5) is 4.39 Å². The quantitative estimate of drug-likeness (QED) is 0.643. The van der Waals surface area contributed by atoms with Crippen molar-refractivity contribution in [2.75, 3.05) is 0 Å². The molecule has 8 heteroatoms. The zero-order valence-corrected chi connectivity index (χ0v) is 13.5. The average Bonchev–Trinajstić information content (AvgIpc) is 2.80. The van der Waals surface area contributed by atoms with Crippen molar-refractivity contribution in [3.8, 4) is 0 Å². The lowest BCUT2D eigenvalue weighted by molar-refractivity contribution is 0.622. The van der Waals surface area contributed by atoms with Gasteiger partial charge in [0.05, 0.1) is 6.54 Å². The van der Waals surface area contributed by atoms with Crippen LogP contribution in [0.1, 0.15) is 5.56 Å². The second-order valence-electron chi connectivity index (χ2n) is 4.97. The zero-order valence-electron chi connectivity index (χ0n) is 11.9. The van der Waals surface area contributed by atoms with E-state index in [1.165, 1.54) is 23.7 Å². The third kappa shape index (κ3) is 2.19. The first-order valence-corrected chi connectivity index (χ1v) is 7.25. The number of hydrogen-bond acceptors (Lipinski definition) is 3. The maximum atomic E-state index is 13.3. The van der Waals surface area contributed by atoms with Crippen molar-refractivity contribution in [1.82, 2.24) is 18.7 Å². The van der Waals surface area contributed by atoms with Crippen LogP contribution in [0, 0.1) is 5.82 Å². The summed E-state index contributed by atoms with van der Waals surface area (Å²) in [6.45, 7) is 0.287. The maximum Gasteiger partial charge on any atom is 0.332 e. The van der Waals surface area contributed by atoms with E-state index in [2.05, 4.69) is 20.9 Å². The Morgan fingerprint density at radius 2 is 1.95 bits per heavy atom. The molecule has 0 aliphatic carbocycles. The van der Waals surface area contributed by atoms with E-state index in [1.807, 2.05) is 0 Å². The van der Waals surface area contributed by atoms with Gasteiger partial charge in [-0.2, -0.15) is 0 Å². The molecule has 0 fully saturated rings. The Morgan fingerprint density at radius 1 is 1.23 bits per heavy atom. The highest BCUT2D eigenvalue weighted by molar-refractivity contribution is 9.10. The molecule has 0 radical (unpaired) electrons. The highest BCUT2D eigenvalue weighted by Crippen LogP contribution is 2.18. The monoisotopic (exact) mass is 366 g/mol. The van der Waals surface area contributed by atoms with Gasteiger partial charge in [-0.1, -0.05) is 12.1 Å². The minimum absolute atomic E-state index is 0.188. The normalized spacial score (nSPS) is 11.3. The molecule has 0 unspecified atom stereocenters. The molecule has 22 heavy (non-hydrogen) atoms. The number of nitrogens with zero attached hydrogens (tertiary/aromatic N) is 4. The molecule has 1 aromatic carbocycles. The molecule has 3 aromatic rings. The number of imidazole rings is 1. The van der Waals surface area contributed by atoms with Crippen LogP contribution in [0.15, 0.2) is 38.6 Å². The number of rotatable bonds is 2. The van der Waals surface area contributed by atoms with Crippen LogP contribution in [-0.2, 0) is 20.6 Å². The lowest BCUT2D eigenvalue weighted by atomic mass is 10.2. The summed E-state index contributed by atoms with van der Waals surface area (Å²) in [4.78, 5) is 28.4. The van der Waals surface area contributed by atoms with Crippen molar-refractivity contribution in [3.05, 3.63) is 61.2 Å². The van der Waals surface area contributed by atoms with Crippen LogP contribution in [0.2, 0.25) is 0 Å². The molecule has 6 nitrogen and oxygen atoms in total. The van der Waals surface area contributed by atoms with E-state index in [4.69, 9.17) is 0 Å². The predicted octanol–water partition coefficient (Wildman–Crippen LogP) is 1.38. The summed E-state index contributed by atoms with van der Waals surface area (Å²) < 4.78 is 17.8. The van der Waals surface area contributed by atoms with E-state index in [0.717, 1.165) is 4.57 Å². The summed E-state index contributed by atoms with van der Waals surface area (Å²) in [6, 6.07) is 6.13. The van der Waals surface area contributed by atoms with Crippen molar-refractivity contribution < 1.29 is 4.39 Å². The molecule has 0 spiro atoms. The SMILES string of the molecule is Cn1c(=O)c2nc(Br)n(Cc3cccc(F)c3)c2n(C)c1=O. The van der Waals surface area contributed by atoms with E-state index in [0.29, 0.717) is 15.9 Å². The molecule has 2 heterocycles. The topological polar surface area (TPSA) is 61.8 Å².